The number of fused-ring (bicyclic) bond motifs is 4. The molecule has 57 heavy (non-hydrogen) atoms. The van der Waals surface area contributed by atoms with E-state index in [1.165, 1.54) is 49.8 Å². The van der Waals surface area contributed by atoms with E-state index in [9.17, 15) is 0 Å². The summed E-state index contributed by atoms with van der Waals surface area (Å²) in [4.78, 5) is 4.73. The van der Waals surface area contributed by atoms with Crippen molar-refractivity contribution in [2.75, 3.05) is 9.80 Å². The van der Waals surface area contributed by atoms with E-state index >= 15 is 0 Å². The van der Waals surface area contributed by atoms with E-state index in [1.54, 1.807) is 0 Å². The number of nitrogens with zero attached hydrogens (tertiary/aromatic N) is 2. The Labute approximate surface area is 338 Å². The van der Waals surface area contributed by atoms with E-state index in [1.807, 2.05) is 0 Å². The van der Waals surface area contributed by atoms with Crippen LogP contribution in [0, 0.1) is 0 Å². The van der Waals surface area contributed by atoms with Gasteiger partial charge in [-0.1, -0.05) is 168 Å². The second-order valence-electron chi connectivity index (χ2n) is 16.7. The van der Waals surface area contributed by atoms with Crippen LogP contribution < -0.4 is 9.80 Å². The highest BCUT2D eigenvalue weighted by Gasteiger charge is 2.36. The van der Waals surface area contributed by atoms with E-state index in [2.05, 4.69) is 245 Å². The largest absolute Gasteiger partial charge is 0.311 e. The van der Waals surface area contributed by atoms with Crippen molar-refractivity contribution in [1.82, 2.24) is 0 Å². The molecular formula is C55H48N2. The molecule has 0 unspecified atom stereocenters. The minimum absolute atomic E-state index is 0.0812. The Kier molecular flexibility index (Phi) is 9.14. The summed E-state index contributed by atoms with van der Waals surface area (Å²) in [5, 5.41) is 2.47. The first-order chi connectivity index (χ1) is 27.6. The molecule has 0 aromatic heterocycles. The Morgan fingerprint density at radius 1 is 0.421 bits per heavy atom. The highest BCUT2D eigenvalue weighted by Crippen LogP contribution is 2.51. The van der Waals surface area contributed by atoms with Gasteiger partial charge < -0.3 is 9.80 Å². The molecule has 8 aromatic rings. The number of hydrogen-bond acceptors (Lipinski definition) is 2. The Bertz CT molecular complexity index is 2670. The molecule has 0 saturated carbocycles. The molecule has 2 heteroatoms. The lowest BCUT2D eigenvalue weighted by molar-refractivity contribution is 0.590. The van der Waals surface area contributed by atoms with E-state index < -0.39 is 0 Å². The van der Waals surface area contributed by atoms with Gasteiger partial charge in [0, 0.05) is 39.2 Å². The Balaban J connectivity index is 1.03. The monoisotopic (exact) mass is 736 g/mol. The molecule has 1 aliphatic rings. The molecule has 0 aliphatic heterocycles. The summed E-state index contributed by atoms with van der Waals surface area (Å²) < 4.78 is 0. The summed E-state index contributed by atoms with van der Waals surface area (Å²) >= 11 is 0. The Hall–Kier alpha value is -6.64. The average Bonchev–Trinajstić information content (AvgIpc) is 3.46. The lowest BCUT2D eigenvalue weighted by atomic mass is 9.81. The summed E-state index contributed by atoms with van der Waals surface area (Å²) in [6.07, 6.45) is 4.47. The minimum atomic E-state index is -0.176. The molecule has 1 aliphatic carbocycles. The van der Waals surface area contributed by atoms with Crippen molar-refractivity contribution in [3.63, 3.8) is 0 Å². The minimum Gasteiger partial charge on any atom is -0.311 e. The topological polar surface area (TPSA) is 6.48 Å². The maximum Gasteiger partial charge on any atom is 0.0540 e. The molecular weight excluding hydrogens is 689 g/mol. The van der Waals surface area contributed by atoms with Gasteiger partial charge in [-0.15, -0.1) is 0 Å². The number of para-hydroxylation sites is 2. The second kappa shape index (κ2) is 14.5. The van der Waals surface area contributed by atoms with Gasteiger partial charge in [0.1, 0.15) is 0 Å². The van der Waals surface area contributed by atoms with Crippen molar-refractivity contribution in [2.45, 2.75) is 45.4 Å². The van der Waals surface area contributed by atoms with Crippen LogP contribution in [0.2, 0.25) is 0 Å². The van der Waals surface area contributed by atoms with Crippen LogP contribution in [0.3, 0.4) is 0 Å². The van der Waals surface area contributed by atoms with Crippen LogP contribution in [0.15, 0.2) is 188 Å². The summed E-state index contributed by atoms with van der Waals surface area (Å²) in [5.74, 6) is 0. The lowest BCUT2D eigenvalue weighted by Crippen LogP contribution is -2.17. The third-order valence-corrected chi connectivity index (χ3v) is 11.6. The molecule has 0 radical (unpaired) electrons. The molecule has 0 bridgehead atoms. The zero-order valence-corrected chi connectivity index (χ0v) is 33.4. The van der Waals surface area contributed by atoms with E-state index in [4.69, 9.17) is 0 Å². The van der Waals surface area contributed by atoms with E-state index in [-0.39, 0.29) is 10.8 Å². The predicted molar refractivity (Wildman–Crippen MR) is 245 cm³/mol. The first-order valence-electron chi connectivity index (χ1n) is 20.0. The highest BCUT2D eigenvalue weighted by atomic mass is 15.1. The molecule has 0 fully saturated rings. The number of anilines is 6. The van der Waals surface area contributed by atoms with Crippen molar-refractivity contribution < 1.29 is 0 Å². The van der Waals surface area contributed by atoms with Gasteiger partial charge >= 0.3 is 0 Å². The van der Waals surface area contributed by atoms with Crippen LogP contribution in [-0.4, -0.2) is 0 Å². The molecule has 0 heterocycles. The van der Waals surface area contributed by atoms with Crippen molar-refractivity contribution in [3.05, 3.63) is 216 Å². The lowest BCUT2D eigenvalue weighted by Gasteiger charge is -2.30. The zero-order chi connectivity index (χ0) is 39.1. The smallest absolute Gasteiger partial charge is 0.0540 e. The predicted octanol–water partition coefficient (Wildman–Crippen LogP) is 15.6. The standard InChI is InChI=1S/C55H48N2/c1-54(2,3)42-28-32-46(33-29-42)57(53-22-14-16-41-15-12-13-21-48(41)53)47-34-36-50-49-35-27-40(37-51(49)55(4,5)52(50)38-47)24-23-39-25-30-45(31-26-39)56(43-17-8-6-9-18-43)44-19-10-7-11-20-44/h6-38H,1-5H3/b24-23+. The van der Waals surface area contributed by atoms with Gasteiger partial charge in [0.2, 0.25) is 0 Å². The maximum atomic E-state index is 2.44. The summed E-state index contributed by atoms with van der Waals surface area (Å²) in [6, 6.07) is 68.4. The molecule has 0 amide bonds. The van der Waals surface area contributed by atoms with Crippen molar-refractivity contribution >= 4 is 57.0 Å². The van der Waals surface area contributed by atoms with Crippen molar-refractivity contribution in [1.29, 1.82) is 0 Å². The summed E-state index contributed by atoms with van der Waals surface area (Å²) in [7, 11) is 0. The van der Waals surface area contributed by atoms with Crippen LogP contribution in [-0.2, 0) is 10.8 Å². The molecule has 278 valence electrons. The van der Waals surface area contributed by atoms with Gasteiger partial charge in [-0.2, -0.15) is 0 Å². The van der Waals surface area contributed by atoms with Crippen LogP contribution in [0.1, 0.15) is 62.4 Å². The van der Waals surface area contributed by atoms with Gasteiger partial charge in [-0.25, -0.2) is 0 Å². The molecule has 0 saturated heterocycles. The molecule has 2 nitrogen and oxygen atoms in total. The van der Waals surface area contributed by atoms with Crippen molar-refractivity contribution in [2.24, 2.45) is 0 Å². The van der Waals surface area contributed by atoms with Crippen LogP contribution in [0.25, 0.3) is 34.1 Å². The number of rotatable bonds is 8. The van der Waals surface area contributed by atoms with Gasteiger partial charge in [0.25, 0.3) is 0 Å². The fourth-order valence-electron chi connectivity index (χ4n) is 8.46. The maximum absolute atomic E-state index is 2.44. The zero-order valence-electron chi connectivity index (χ0n) is 33.4. The first kappa shape index (κ1) is 36.0. The number of hydrogen-bond donors (Lipinski definition) is 0. The fraction of sp³-hybridized carbons (Fsp3) is 0.127. The quantitative estimate of drug-likeness (QED) is 0.143. The fourth-order valence-corrected chi connectivity index (χ4v) is 8.46. The second-order valence-corrected chi connectivity index (χ2v) is 16.7. The van der Waals surface area contributed by atoms with Crippen LogP contribution >= 0.6 is 0 Å². The van der Waals surface area contributed by atoms with Gasteiger partial charge in [0.15, 0.2) is 0 Å². The SMILES string of the molecule is CC(C)(C)c1ccc(N(c2ccc3c(c2)C(C)(C)c2cc(/C=C/c4ccc(N(c5ccccc5)c5ccccc5)cc4)ccc2-3)c2cccc3ccccc23)cc1. The first-order valence-corrected chi connectivity index (χ1v) is 20.0. The molecule has 0 atom stereocenters. The third kappa shape index (κ3) is 6.83. The number of benzene rings is 8. The van der Waals surface area contributed by atoms with E-state index in [0.29, 0.717) is 0 Å². The van der Waals surface area contributed by atoms with Crippen molar-refractivity contribution in [3.8, 4) is 11.1 Å². The molecule has 8 aromatic carbocycles. The third-order valence-electron chi connectivity index (χ3n) is 11.6. The summed E-state index contributed by atoms with van der Waals surface area (Å²) in [5.41, 5.74) is 15.8. The molecule has 0 spiro atoms. The highest BCUT2D eigenvalue weighted by molar-refractivity contribution is 5.99. The Morgan fingerprint density at radius 2 is 0.912 bits per heavy atom. The van der Waals surface area contributed by atoms with Crippen LogP contribution in [0.5, 0.6) is 0 Å². The average molecular weight is 737 g/mol. The molecule has 9 rings (SSSR count). The molecule has 0 N–H and O–H groups in total. The van der Waals surface area contributed by atoms with Gasteiger partial charge in [-0.3, -0.25) is 0 Å². The van der Waals surface area contributed by atoms with Gasteiger partial charge in [-0.05, 0) is 116 Å². The van der Waals surface area contributed by atoms with Crippen LogP contribution in [0.4, 0.5) is 34.1 Å². The van der Waals surface area contributed by atoms with Gasteiger partial charge in [0.05, 0.1) is 5.69 Å². The summed E-state index contributed by atoms with van der Waals surface area (Å²) in [6.45, 7) is 11.6. The Morgan fingerprint density at radius 3 is 1.58 bits per heavy atom. The normalized spacial score (nSPS) is 13.1. The van der Waals surface area contributed by atoms with E-state index in [0.717, 1.165) is 34.0 Å².